The first-order valence-corrected chi connectivity index (χ1v) is 5.89. The van der Waals surface area contributed by atoms with Crippen LogP contribution in [0.15, 0.2) is 0 Å². The average Bonchev–Trinajstić information content (AvgIpc) is 2.45. The molecule has 1 atom stereocenters. The fourth-order valence-corrected chi connectivity index (χ4v) is 2.35. The van der Waals surface area contributed by atoms with E-state index in [1.807, 2.05) is 0 Å². The van der Waals surface area contributed by atoms with Crippen molar-refractivity contribution in [2.24, 2.45) is 0 Å². The maximum Gasteiger partial charge on any atom is 0.382 e. The fourth-order valence-electron chi connectivity index (χ4n) is 1.35. The Bertz CT molecular complexity index is 328. The van der Waals surface area contributed by atoms with Crippen molar-refractivity contribution in [1.29, 1.82) is 0 Å². The molecule has 8 heteroatoms. The third-order valence-electron chi connectivity index (χ3n) is 2.29. The van der Waals surface area contributed by atoms with E-state index in [2.05, 4.69) is 31.9 Å². The lowest BCUT2D eigenvalue weighted by atomic mass is 10.3. The number of likely N-dealkylation sites (tertiary alicyclic amines) is 1. The summed E-state index contributed by atoms with van der Waals surface area (Å²) in [5.74, 6) is -3.12. The normalized spacial score (nSPS) is 23.9. The maximum absolute atomic E-state index is 11.4. The molecule has 1 rings (SSSR count). The summed E-state index contributed by atoms with van der Waals surface area (Å²) >= 11 is 5.61. The second-order valence-corrected chi connectivity index (χ2v) is 4.99. The predicted molar refractivity (Wildman–Crippen MR) is 54.4 cm³/mol. The van der Waals surface area contributed by atoms with Crippen LogP contribution in [0, 0.1) is 0 Å². The summed E-state index contributed by atoms with van der Waals surface area (Å²) in [6.07, 6.45) is -0.300. The topological polar surface area (TPSA) is 91.7 Å². The number of halogens is 2. The van der Waals surface area contributed by atoms with Gasteiger partial charge in [0, 0.05) is 15.9 Å². The van der Waals surface area contributed by atoms with Crippen molar-refractivity contribution in [3.63, 3.8) is 0 Å². The van der Waals surface area contributed by atoms with Crippen LogP contribution in [0.3, 0.4) is 0 Å². The van der Waals surface area contributed by atoms with Crippen LogP contribution in [0.25, 0.3) is 0 Å². The number of carbonyl (C=O) groups is 3. The molecule has 0 aromatic carbocycles. The minimum absolute atomic E-state index is 0.150. The molecule has 0 saturated carbocycles. The fraction of sp³-hybridized carbons (Fsp3) is 0.571. The molecular formula is C7H8Br2NO5+. The molecule has 6 nitrogen and oxygen atoms in total. The molecule has 2 amide bonds. The van der Waals surface area contributed by atoms with Gasteiger partial charge in [-0.1, -0.05) is 15.9 Å². The van der Waals surface area contributed by atoms with E-state index in [-0.39, 0.29) is 18.2 Å². The highest BCUT2D eigenvalue weighted by atomic mass is 79.9. The van der Waals surface area contributed by atoms with Crippen molar-refractivity contribution in [1.82, 2.24) is 0 Å². The van der Waals surface area contributed by atoms with Crippen molar-refractivity contribution in [3.8, 4) is 0 Å². The van der Waals surface area contributed by atoms with Gasteiger partial charge in [0.25, 0.3) is 0 Å². The van der Waals surface area contributed by atoms with E-state index < -0.39 is 26.9 Å². The minimum Gasteiger partial charge on any atom is -0.476 e. The van der Waals surface area contributed by atoms with E-state index in [1.165, 1.54) is 0 Å². The highest BCUT2D eigenvalue weighted by molar-refractivity contribution is 9.12. The number of hydrogen-bond acceptors (Lipinski definition) is 4. The SMILES string of the molecule is O=C(O)C(Br)(CBr)[N+]1(O)C(=O)CCC1=O. The molecule has 15 heavy (non-hydrogen) atoms. The van der Waals surface area contributed by atoms with Crippen LogP contribution in [-0.2, 0) is 14.4 Å². The summed E-state index contributed by atoms with van der Waals surface area (Å²) in [7, 11) is 0. The molecule has 2 N–H and O–H groups in total. The highest BCUT2D eigenvalue weighted by Gasteiger charge is 2.67. The smallest absolute Gasteiger partial charge is 0.382 e. The first-order valence-electron chi connectivity index (χ1n) is 3.97. The van der Waals surface area contributed by atoms with Crippen LogP contribution in [0.1, 0.15) is 12.8 Å². The molecule has 1 aliphatic rings. The second kappa shape index (κ2) is 3.93. The summed E-state index contributed by atoms with van der Waals surface area (Å²) in [6, 6.07) is 0. The molecule has 1 unspecified atom stereocenters. The molecule has 0 spiro atoms. The number of carboxylic acid groups (broad SMARTS) is 1. The van der Waals surface area contributed by atoms with Gasteiger partial charge in [0.15, 0.2) is 0 Å². The molecule has 0 aliphatic carbocycles. The van der Waals surface area contributed by atoms with Crippen molar-refractivity contribution >= 4 is 49.6 Å². The standard InChI is InChI=1S/C7H7Br2NO5/c8-3-7(9,6(13)14)10(15)4(11)1-2-5(10)12/h15H,1-3H2/p+1. The Labute approximate surface area is 102 Å². The molecule has 0 radical (unpaired) electrons. The Morgan fingerprint density at radius 3 is 2.07 bits per heavy atom. The largest absolute Gasteiger partial charge is 0.476 e. The average molecular weight is 346 g/mol. The Morgan fingerprint density at radius 2 is 1.80 bits per heavy atom. The number of imide groups is 1. The number of carbonyl (C=O) groups excluding carboxylic acids is 2. The second-order valence-electron chi connectivity index (χ2n) is 3.12. The summed E-state index contributed by atoms with van der Waals surface area (Å²) in [4.78, 5) is 33.8. The van der Waals surface area contributed by atoms with Gasteiger partial charge in [0.05, 0.1) is 18.2 Å². The number of amides is 2. The molecule has 1 aliphatic heterocycles. The number of alkyl halides is 2. The first kappa shape index (κ1) is 12.8. The van der Waals surface area contributed by atoms with Gasteiger partial charge in [-0.15, -0.1) is 0 Å². The minimum atomic E-state index is -2.06. The zero-order valence-electron chi connectivity index (χ0n) is 7.44. The van der Waals surface area contributed by atoms with Crippen LogP contribution in [0.2, 0.25) is 0 Å². The number of quaternary nitrogens is 1. The summed E-state index contributed by atoms with van der Waals surface area (Å²) in [5.41, 5.74) is 0. The number of rotatable bonds is 3. The third kappa shape index (κ3) is 1.55. The van der Waals surface area contributed by atoms with Crippen molar-refractivity contribution in [3.05, 3.63) is 0 Å². The molecule has 84 valence electrons. The number of hydrogen-bond donors (Lipinski definition) is 2. The summed E-state index contributed by atoms with van der Waals surface area (Å²) in [6.45, 7) is 0. The summed E-state index contributed by atoms with van der Waals surface area (Å²) in [5, 5.41) is 18.6. The van der Waals surface area contributed by atoms with Gasteiger partial charge in [-0.3, -0.25) is 0 Å². The number of nitrogens with zero attached hydrogens (tertiary/aromatic N) is 1. The van der Waals surface area contributed by atoms with Gasteiger partial charge < -0.3 is 5.11 Å². The summed E-state index contributed by atoms with van der Waals surface area (Å²) < 4.78 is -3.79. The van der Waals surface area contributed by atoms with Gasteiger partial charge >= 0.3 is 22.2 Å². The lowest BCUT2D eigenvalue weighted by molar-refractivity contribution is -0.988. The van der Waals surface area contributed by atoms with Gasteiger partial charge in [-0.25, -0.2) is 14.4 Å². The highest BCUT2D eigenvalue weighted by Crippen LogP contribution is 2.37. The van der Waals surface area contributed by atoms with Crippen molar-refractivity contribution in [2.75, 3.05) is 5.33 Å². The molecule has 1 fully saturated rings. The third-order valence-corrected chi connectivity index (χ3v) is 4.99. The monoisotopic (exact) mass is 344 g/mol. The lowest BCUT2D eigenvalue weighted by Gasteiger charge is -2.31. The van der Waals surface area contributed by atoms with E-state index in [9.17, 15) is 19.6 Å². The molecule has 0 aromatic heterocycles. The molecule has 0 bridgehead atoms. The van der Waals surface area contributed by atoms with E-state index in [0.29, 0.717) is 0 Å². The van der Waals surface area contributed by atoms with Crippen molar-refractivity contribution in [2.45, 2.75) is 17.3 Å². The number of hydroxylamine groups is 3. The predicted octanol–water partition coefficient (Wildman–Crippen LogP) is 0.610. The zero-order valence-corrected chi connectivity index (χ0v) is 10.6. The van der Waals surface area contributed by atoms with Gasteiger partial charge in [0.1, 0.15) is 0 Å². The number of carboxylic acids is 1. The molecular weight excluding hydrogens is 338 g/mol. The number of aliphatic carboxylic acids is 1. The van der Waals surface area contributed by atoms with Gasteiger partial charge in [-0.05, 0) is 4.65 Å². The van der Waals surface area contributed by atoms with Gasteiger partial charge in [-0.2, -0.15) is 5.21 Å². The van der Waals surface area contributed by atoms with Crippen LogP contribution in [0.4, 0.5) is 0 Å². The Kier molecular flexibility index (Phi) is 3.34. The molecule has 1 heterocycles. The molecule has 1 saturated heterocycles. The van der Waals surface area contributed by atoms with Gasteiger partial charge in [0.2, 0.25) is 0 Å². The lowest BCUT2D eigenvalue weighted by Crippen LogP contribution is -2.66. The Hall–Kier alpha value is -0.310. The Balaban J connectivity index is 3.29. The first-order chi connectivity index (χ1) is 6.80. The van der Waals surface area contributed by atoms with Crippen LogP contribution in [-0.4, -0.2) is 42.5 Å². The van der Waals surface area contributed by atoms with E-state index >= 15 is 0 Å². The maximum atomic E-state index is 11.4. The Morgan fingerprint density at radius 1 is 1.40 bits per heavy atom. The van der Waals surface area contributed by atoms with Crippen LogP contribution < -0.4 is 0 Å². The quantitative estimate of drug-likeness (QED) is 0.257. The van der Waals surface area contributed by atoms with Crippen LogP contribution in [0.5, 0.6) is 0 Å². The zero-order chi connectivity index (χ0) is 11.9. The molecule has 0 aromatic rings. The van der Waals surface area contributed by atoms with E-state index in [0.717, 1.165) is 0 Å². The van der Waals surface area contributed by atoms with Crippen LogP contribution >= 0.6 is 31.9 Å². The van der Waals surface area contributed by atoms with E-state index in [4.69, 9.17) is 5.11 Å². The van der Waals surface area contributed by atoms with Crippen molar-refractivity contribution < 1.29 is 29.3 Å². The van der Waals surface area contributed by atoms with E-state index in [1.54, 1.807) is 0 Å².